The summed E-state index contributed by atoms with van der Waals surface area (Å²) in [6.07, 6.45) is 0. The molecule has 0 aliphatic heterocycles. The van der Waals surface area contributed by atoms with E-state index in [0.717, 1.165) is 0 Å². The highest BCUT2D eigenvalue weighted by Gasteiger charge is 2.54. The van der Waals surface area contributed by atoms with E-state index in [9.17, 15) is 0 Å². The lowest BCUT2D eigenvalue weighted by Gasteiger charge is -2.49. The van der Waals surface area contributed by atoms with Gasteiger partial charge in [0.1, 0.15) is 0 Å². The summed E-state index contributed by atoms with van der Waals surface area (Å²) >= 11 is 0. The van der Waals surface area contributed by atoms with Crippen molar-refractivity contribution in [2.75, 3.05) is 7.11 Å². The fraction of sp³-hybridized carbons (Fsp3) is 0.400. The molecule has 2 rings (SSSR count). The van der Waals surface area contributed by atoms with Crippen molar-refractivity contribution >= 4 is 34.8 Å². The third-order valence-corrected chi connectivity index (χ3v) is 27.5. The summed E-state index contributed by atoms with van der Waals surface area (Å²) < 4.78 is 6.22. The van der Waals surface area contributed by atoms with Gasteiger partial charge in [0, 0.05) is 7.11 Å². The molecule has 0 heterocycles. The smallest absolute Gasteiger partial charge is 0.184 e. The SMILES string of the molecule is CO[Si](C)(C)C([Si](C)(C)c1ccccc1)[Si](C)(C)c1ccccc1. The van der Waals surface area contributed by atoms with Gasteiger partial charge in [-0.15, -0.1) is 0 Å². The van der Waals surface area contributed by atoms with Crippen LogP contribution in [0.2, 0.25) is 44.1 Å². The van der Waals surface area contributed by atoms with Crippen molar-refractivity contribution in [2.45, 2.75) is 44.1 Å². The van der Waals surface area contributed by atoms with Crippen molar-refractivity contribution in [2.24, 2.45) is 0 Å². The van der Waals surface area contributed by atoms with Crippen LogP contribution in [0.4, 0.5) is 0 Å². The normalized spacial score (nSPS) is 13.3. The second-order valence-electron chi connectivity index (χ2n) is 8.42. The first-order valence-corrected chi connectivity index (χ1v) is 17.9. The van der Waals surface area contributed by atoms with Crippen molar-refractivity contribution in [3.05, 3.63) is 60.7 Å². The molecule has 2 aromatic carbocycles. The Hall–Kier alpha value is -0.949. The van der Waals surface area contributed by atoms with E-state index < -0.39 is 24.5 Å². The van der Waals surface area contributed by atoms with Gasteiger partial charge in [0.15, 0.2) is 8.32 Å². The summed E-state index contributed by atoms with van der Waals surface area (Å²) in [7, 11) is -3.25. The van der Waals surface area contributed by atoms with Crippen LogP contribution in [0.1, 0.15) is 0 Å². The fourth-order valence-electron chi connectivity index (χ4n) is 4.83. The molecule has 0 atom stereocenters. The Balaban J connectivity index is 2.62. The van der Waals surface area contributed by atoms with Crippen molar-refractivity contribution in [1.29, 1.82) is 0 Å². The summed E-state index contributed by atoms with van der Waals surface area (Å²) in [5.41, 5.74) is 0. The molecule has 0 radical (unpaired) electrons. The second-order valence-corrected chi connectivity index (χ2v) is 23.5. The molecule has 0 unspecified atom stereocenters. The molecule has 0 bridgehead atoms. The molecule has 4 heteroatoms. The largest absolute Gasteiger partial charge is 0.421 e. The molecule has 0 saturated heterocycles. The number of hydrogen-bond donors (Lipinski definition) is 0. The Morgan fingerprint density at radius 3 is 1.25 bits per heavy atom. The molecule has 0 aliphatic rings. The van der Waals surface area contributed by atoms with Crippen LogP contribution in [0.15, 0.2) is 60.7 Å². The van der Waals surface area contributed by atoms with E-state index in [2.05, 4.69) is 99.9 Å². The lowest BCUT2D eigenvalue weighted by molar-refractivity contribution is 0.405. The van der Waals surface area contributed by atoms with Crippen LogP contribution in [0.3, 0.4) is 0 Å². The van der Waals surface area contributed by atoms with Crippen molar-refractivity contribution in [1.82, 2.24) is 0 Å². The predicted molar refractivity (Wildman–Crippen MR) is 115 cm³/mol. The number of hydrogen-bond acceptors (Lipinski definition) is 1. The number of rotatable bonds is 6. The minimum absolute atomic E-state index is 0.701. The number of benzene rings is 2. The van der Waals surface area contributed by atoms with Crippen LogP contribution in [0, 0.1) is 0 Å². The minimum Gasteiger partial charge on any atom is -0.421 e. The van der Waals surface area contributed by atoms with E-state index in [-0.39, 0.29) is 0 Å². The predicted octanol–water partition coefficient (Wildman–Crippen LogP) is 4.52. The topological polar surface area (TPSA) is 9.23 Å². The first-order chi connectivity index (χ1) is 11.1. The van der Waals surface area contributed by atoms with Crippen molar-refractivity contribution in [3.63, 3.8) is 0 Å². The van der Waals surface area contributed by atoms with Crippen LogP contribution in [0.5, 0.6) is 0 Å². The molecule has 0 aromatic heterocycles. The van der Waals surface area contributed by atoms with E-state index in [1.54, 1.807) is 10.4 Å². The first kappa shape index (κ1) is 19.4. The van der Waals surface area contributed by atoms with Crippen LogP contribution in [-0.4, -0.2) is 31.6 Å². The summed E-state index contributed by atoms with van der Waals surface area (Å²) in [5.74, 6) is 0. The van der Waals surface area contributed by atoms with E-state index in [1.807, 2.05) is 7.11 Å². The Bertz CT molecular complexity index is 600. The lowest BCUT2D eigenvalue weighted by atomic mass is 10.4. The third-order valence-electron chi connectivity index (χ3n) is 5.70. The molecule has 2 aromatic rings. The van der Waals surface area contributed by atoms with Gasteiger partial charge in [-0.2, -0.15) is 0 Å². The van der Waals surface area contributed by atoms with E-state index in [0.29, 0.717) is 4.79 Å². The quantitative estimate of drug-likeness (QED) is 0.678. The zero-order chi connectivity index (χ0) is 18.0. The standard InChI is InChI=1S/C20H32OSi3/c1-21-24(6,7)20(22(2,3)18-14-10-8-11-15-18)23(4,5)19-16-12-9-13-17-19/h8-17,20H,1-7H3. The maximum Gasteiger partial charge on any atom is 0.184 e. The molecule has 0 aliphatic carbocycles. The molecule has 1 nitrogen and oxygen atoms in total. The highest BCUT2D eigenvalue weighted by atomic mass is 28.5. The van der Waals surface area contributed by atoms with Gasteiger partial charge in [-0.1, -0.05) is 97.2 Å². The summed E-state index contributed by atoms with van der Waals surface area (Å²) in [6.45, 7) is 15.1. The van der Waals surface area contributed by atoms with Gasteiger partial charge in [0.05, 0.1) is 16.1 Å². The van der Waals surface area contributed by atoms with Gasteiger partial charge in [-0.3, -0.25) is 0 Å². The second kappa shape index (κ2) is 7.12. The highest BCUT2D eigenvalue weighted by molar-refractivity contribution is 7.18. The van der Waals surface area contributed by atoms with Crippen LogP contribution < -0.4 is 10.4 Å². The molecular weight excluding hydrogens is 340 g/mol. The Kier molecular flexibility index (Phi) is 5.75. The lowest BCUT2D eigenvalue weighted by Crippen LogP contribution is -2.68. The summed E-state index contributed by atoms with van der Waals surface area (Å²) in [6, 6.07) is 22.4. The van der Waals surface area contributed by atoms with Gasteiger partial charge < -0.3 is 4.43 Å². The molecule has 0 saturated carbocycles. The minimum atomic E-state index is -1.82. The van der Waals surface area contributed by atoms with Gasteiger partial charge in [-0.25, -0.2) is 0 Å². The molecular formula is C20H32OSi3. The molecule has 0 fully saturated rings. The maximum absolute atomic E-state index is 6.22. The van der Waals surface area contributed by atoms with Gasteiger partial charge in [-0.05, 0) is 17.9 Å². The third kappa shape index (κ3) is 3.67. The molecule has 24 heavy (non-hydrogen) atoms. The van der Waals surface area contributed by atoms with Crippen molar-refractivity contribution < 1.29 is 4.43 Å². The average molecular weight is 373 g/mol. The Morgan fingerprint density at radius 2 is 0.958 bits per heavy atom. The van der Waals surface area contributed by atoms with Gasteiger partial charge in [0.2, 0.25) is 0 Å². The Labute approximate surface area is 151 Å². The zero-order valence-corrected chi connectivity index (χ0v) is 19.3. The van der Waals surface area contributed by atoms with E-state index in [1.165, 1.54) is 0 Å². The summed E-state index contributed by atoms with van der Waals surface area (Å²) in [5, 5.41) is 3.12. The zero-order valence-electron chi connectivity index (χ0n) is 16.3. The maximum atomic E-state index is 6.22. The molecule has 0 spiro atoms. The van der Waals surface area contributed by atoms with Crippen LogP contribution >= 0.6 is 0 Å². The highest BCUT2D eigenvalue weighted by Crippen LogP contribution is 2.40. The average Bonchev–Trinajstić information content (AvgIpc) is 2.56. The molecule has 0 N–H and O–H groups in total. The molecule has 0 amide bonds. The van der Waals surface area contributed by atoms with Crippen molar-refractivity contribution in [3.8, 4) is 0 Å². The molecule has 130 valence electrons. The first-order valence-electron chi connectivity index (χ1n) is 8.80. The Morgan fingerprint density at radius 1 is 0.625 bits per heavy atom. The van der Waals surface area contributed by atoms with Crippen LogP contribution in [-0.2, 0) is 4.43 Å². The van der Waals surface area contributed by atoms with Gasteiger partial charge >= 0.3 is 0 Å². The van der Waals surface area contributed by atoms with Crippen LogP contribution in [0.25, 0.3) is 0 Å². The van der Waals surface area contributed by atoms with E-state index >= 15 is 0 Å². The summed E-state index contributed by atoms with van der Waals surface area (Å²) in [4.78, 5) is 0.701. The van der Waals surface area contributed by atoms with Gasteiger partial charge in [0.25, 0.3) is 0 Å². The monoisotopic (exact) mass is 372 g/mol. The van der Waals surface area contributed by atoms with E-state index in [4.69, 9.17) is 4.43 Å². The fourth-order valence-corrected chi connectivity index (χ4v) is 31.7.